The smallest absolute Gasteiger partial charge is 0.264 e. The van der Waals surface area contributed by atoms with E-state index in [1.165, 1.54) is 33.9 Å². The summed E-state index contributed by atoms with van der Waals surface area (Å²) in [5.74, 6) is 0.126. The molecule has 9 nitrogen and oxygen atoms in total. The summed E-state index contributed by atoms with van der Waals surface area (Å²) in [6.45, 7) is 2.74. The second-order valence-corrected chi connectivity index (χ2v) is 9.54. The highest BCUT2D eigenvalue weighted by Crippen LogP contribution is 2.26. The summed E-state index contributed by atoms with van der Waals surface area (Å²) in [5, 5.41) is 15.6. The quantitative estimate of drug-likeness (QED) is 0.432. The number of fused-ring (bicyclic) bond motifs is 1. The van der Waals surface area contributed by atoms with Gasteiger partial charge in [0, 0.05) is 25.7 Å². The summed E-state index contributed by atoms with van der Waals surface area (Å²) in [7, 11) is 1.72. The number of aromatic nitrogens is 4. The summed E-state index contributed by atoms with van der Waals surface area (Å²) in [6.07, 6.45) is 3.33. The van der Waals surface area contributed by atoms with Crippen molar-refractivity contribution in [3.05, 3.63) is 88.4 Å². The monoisotopic (exact) mass is 505 g/mol. The van der Waals surface area contributed by atoms with Crippen LogP contribution in [0.4, 0.5) is 4.39 Å². The van der Waals surface area contributed by atoms with Crippen LogP contribution in [0.25, 0.3) is 11.0 Å². The highest BCUT2D eigenvalue weighted by atomic mass is 19.1. The highest BCUT2D eigenvalue weighted by molar-refractivity contribution is 5.94. The van der Waals surface area contributed by atoms with E-state index in [9.17, 15) is 19.1 Å². The molecule has 1 atom stereocenters. The summed E-state index contributed by atoms with van der Waals surface area (Å²) in [5.41, 5.74) is 0.567. The van der Waals surface area contributed by atoms with Gasteiger partial charge in [-0.15, -0.1) is 0 Å². The van der Waals surface area contributed by atoms with Gasteiger partial charge in [0.25, 0.3) is 11.5 Å². The minimum atomic E-state index is -1.12. The lowest BCUT2D eigenvalue weighted by molar-refractivity contribution is -0.0299. The van der Waals surface area contributed by atoms with Crippen molar-refractivity contribution in [2.45, 2.75) is 38.0 Å². The molecule has 1 aliphatic rings. The first-order valence-electron chi connectivity index (χ1n) is 12.1. The maximum atomic E-state index is 13.1. The van der Waals surface area contributed by atoms with Crippen molar-refractivity contribution in [2.75, 3.05) is 13.1 Å². The van der Waals surface area contributed by atoms with E-state index in [4.69, 9.17) is 4.74 Å². The Morgan fingerprint density at radius 2 is 1.81 bits per heavy atom. The minimum Gasteiger partial charge on any atom is -0.486 e. The number of likely N-dealkylation sites (tertiary alicyclic amines) is 1. The second-order valence-electron chi connectivity index (χ2n) is 9.54. The number of nitrogens with zero attached hydrogens (tertiary/aromatic N) is 5. The molecule has 0 bridgehead atoms. The summed E-state index contributed by atoms with van der Waals surface area (Å²) in [4.78, 5) is 31.9. The molecule has 2 aromatic carbocycles. The number of benzene rings is 2. The van der Waals surface area contributed by atoms with E-state index in [0.717, 1.165) is 5.56 Å². The van der Waals surface area contributed by atoms with Crippen molar-refractivity contribution >= 4 is 16.9 Å². The Balaban J connectivity index is 1.19. The minimum absolute atomic E-state index is 0.104. The molecule has 0 saturated carbocycles. The molecule has 1 fully saturated rings. The third kappa shape index (κ3) is 5.10. The molecule has 4 aromatic rings. The van der Waals surface area contributed by atoms with Crippen LogP contribution in [0, 0.1) is 5.82 Å². The number of hydrogen-bond acceptors (Lipinski definition) is 6. The maximum absolute atomic E-state index is 13.1. The van der Waals surface area contributed by atoms with Gasteiger partial charge in [0.05, 0.1) is 18.3 Å². The number of aliphatic hydroxyl groups is 1. The standard InChI is InChI=1S/C27H28FN5O4/c1-18(37-22-9-7-21(28)8-10-22)19-3-5-20(6-4-19)25(34)32-13-11-27(36,12-14-32)16-33-17-29-24-23(26(33)35)15-30-31(24)2/h3-10,15,17-18,36H,11-14,16H2,1-2H3. The molecule has 10 heteroatoms. The number of halogens is 1. The number of ether oxygens (including phenoxy) is 1. The number of amides is 1. The summed E-state index contributed by atoms with van der Waals surface area (Å²) < 4.78 is 21.9. The molecular formula is C27H28FN5O4. The van der Waals surface area contributed by atoms with Crippen molar-refractivity contribution in [2.24, 2.45) is 7.05 Å². The first-order valence-corrected chi connectivity index (χ1v) is 12.1. The predicted molar refractivity (Wildman–Crippen MR) is 135 cm³/mol. The van der Waals surface area contributed by atoms with Gasteiger partial charge in [-0.25, -0.2) is 9.37 Å². The van der Waals surface area contributed by atoms with Crippen molar-refractivity contribution in [1.82, 2.24) is 24.2 Å². The molecule has 192 valence electrons. The van der Waals surface area contributed by atoms with Crippen molar-refractivity contribution < 1.29 is 19.0 Å². The number of carbonyl (C=O) groups excluding carboxylic acids is 1. The molecule has 2 aromatic heterocycles. The molecule has 37 heavy (non-hydrogen) atoms. The molecule has 1 unspecified atom stereocenters. The van der Waals surface area contributed by atoms with E-state index in [-0.39, 0.29) is 29.9 Å². The van der Waals surface area contributed by atoms with Crippen molar-refractivity contribution in [3.8, 4) is 5.75 Å². The Kier molecular flexibility index (Phi) is 6.51. The zero-order chi connectivity index (χ0) is 26.2. The molecule has 1 amide bonds. The van der Waals surface area contributed by atoms with Crippen LogP contribution in [-0.4, -0.2) is 53.9 Å². The first-order chi connectivity index (χ1) is 17.7. The van der Waals surface area contributed by atoms with E-state index in [0.29, 0.717) is 48.3 Å². The summed E-state index contributed by atoms with van der Waals surface area (Å²) >= 11 is 0. The Morgan fingerprint density at radius 3 is 2.49 bits per heavy atom. The Morgan fingerprint density at radius 1 is 1.14 bits per heavy atom. The van der Waals surface area contributed by atoms with Crippen molar-refractivity contribution in [1.29, 1.82) is 0 Å². The lowest BCUT2D eigenvalue weighted by atomic mass is 9.90. The number of hydrogen-bond donors (Lipinski definition) is 1. The van der Waals surface area contributed by atoms with E-state index in [1.807, 2.05) is 19.1 Å². The molecule has 0 spiro atoms. The van der Waals surface area contributed by atoms with Gasteiger partial charge in [0.15, 0.2) is 5.65 Å². The van der Waals surface area contributed by atoms with Crippen LogP contribution in [-0.2, 0) is 13.6 Å². The van der Waals surface area contributed by atoms with E-state index in [1.54, 1.807) is 36.2 Å². The van der Waals surface area contributed by atoms with Gasteiger partial charge in [-0.05, 0) is 61.7 Å². The van der Waals surface area contributed by atoms with Gasteiger partial charge < -0.3 is 14.7 Å². The van der Waals surface area contributed by atoms with Crippen LogP contribution >= 0.6 is 0 Å². The third-order valence-electron chi connectivity index (χ3n) is 6.92. The molecule has 1 saturated heterocycles. The Labute approximate surface area is 212 Å². The van der Waals surface area contributed by atoms with Gasteiger partial charge >= 0.3 is 0 Å². The lowest BCUT2D eigenvalue weighted by Crippen LogP contribution is -2.49. The fourth-order valence-corrected chi connectivity index (χ4v) is 4.65. The average molecular weight is 506 g/mol. The van der Waals surface area contributed by atoms with Gasteiger partial charge in [0.1, 0.15) is 29.4 Å². The zero-order valence-electron chi connectivity index (χ0n) is 20.7. The molecule has 5 rings (SSSR count). The third-order valence-corrected chi connectivity index (χ3v) is 6.92. The number of aryl methyl sites for hydroxylation is 1. The molecule has 0 radical (unpaired) electrons. The van der Waals surface area contributed by atoms with E-state index < -0.39 is 5.60 Å². The number of rotatable bonds is 6. The average Bonchev–Trinajstić information content (AvgIpc) is 3.28. The van der Waals surface area contributed by atoms with Crippen molar-refractivity contribution in [3.63, 3.8) is 0 Å². The van der Waals surface area contributed by atoms with Crippen LogP contribution in [0.5, 0.6) is 5.75 Å². The lowest BCUT2D eigenvalue weighted by Gasteiger charge is -2.38. The molecule has 0 aliphatic carbocycles. The van der Waals surface area contributed by atoms with Crippen LogP contribution in [0.1, 0.15) is 41.8 Å². The van der Waals surface area contributed by atoms with Crippen LogP contribution in [0.3, 0.4) is 0 Å². The van der Waals surface area contributed by atoms with Crippen LogP contribution < -0.4 is 10.3 Å². The fourth-order valence-electron chi connectivity index (χ4n) is 4.65. The van der Waals surface area contributed by atoms with Gasteiger partial charge in [-0.3, -0.25) is 18.8 Å². The van der Waals surface area contributed by atoms with E-state index in [2.05, 4.69) is 10.1 Å². The van der Waals surface area contributed by atoms with Gasteiger partial charge in [0.2, 0.25) is 0 Å². The first kappa shape index (κ1) is 24.6. The van der Waals surface area contributed by atoms with Gasteiger partial charge in [-0.1, -0.05) is 12.1 Å². The normalized spacial score (nSPS) is 16.1. The largest absolute Gasteiger partial charge is 0.486 e. The molecular weight excluding hydrogens is 477 g/mol. The molecule has 3 heterocycles. The maximum Gasteiger partial charge on any atom is 0.264 e. The fraction of sp³-hybridized carbons (Fsp3) is 0.333. The SMILES string of the molecule is CC(Oc1ccc(F)cc1)c1ccc(C(=O)N2CCC(O)(Cn3cnc4c(cnn4C)c3=O)CC2)cc1. The Hall–Kier alpha value is -4.05. The zero-order valence-corrected chi connectivity index (χ0v) is 20.7. The molecule has 1 N–H and O–H groups in total. The van der Waals surface area contributed by atoms with E-state index >= 15 is 0 Å². The molecule has 1 aliphatic heterocycles. The van der Waals surface area contributed by atoms with Crippen LogP contribution in [0.2, 0.25) is 0 Å². The topological polar surface area (TPSA) is 102 Å². The predicted octanol–water partition coefficient (Wildman–Crippen LogP) is 3.08. The van der Waals surface area contributed by atoms with Gasteiger partial charge in [-0.2, -0.15) is 5.10 Å². The number of piperidine rings is 1. The highest BCUT2D eigenvalue weighted by Gasteiger charge is 2.35. The Bertz CT molecular complexity index is 1470. The summed E-state index contributed by atoms with van der Waals surface area (Å²) in [6, 6.07) is 13.0. The second kappa shape index (κ2) is 9.78. The number of carbonyl (C=O) groups is 1. The van der Waals surface area contributed by atoms with Crippen LogP contribution in [0.15, 0.2) is 65.8 Å².